The summed E-state index contributed by atoms with van der Waals surface area (Å²) in [6.45, 7) is 1.81. The number of carbonyl (C=O) groups is 1. The van der Waals surface area contributed by atoms with E-state index >= 15 is 0 Å². The van der Waals surface area contributed by atoms with E-state index in [0.29, 0.717) is 11.3 Å². The molecule has 27 heavy (non-hydrogen) atoms. The lowest BCUT2D eigenvalue weighted by atomic mass is 10.0. The molecule has 3 rings (SSSR count). The highest BCUT2D eigenvalue weighted by Crippen LogP contribution is 2.27. The van der Waals surface area contributed by atoms with Crippen molar-refractivity contribution in [1.29, 1.82) is 0 Å². The molecule has 0 bridgehead atoms. The molecule has 0 fully saturated rings. The largest absolute Gasteiger partial charge is 0.376 e. The number of nitrogens with one attached hydrogen (secondary N) is 2. The quantitative estimate of drug-likeness (QED) is 0.495. The fraction of sp³-hybridized carbons (Fsp3) is 0.0952. The molecule has 1 amide bonds. The number of para-hydroxylation sites is 1. The lowest BCUT2D eigenvalue weighted by molar-refractivity contribution is -0.384. The Morgan fingerprint density at radius 1 is 0.963 bits per heavy atom. The van der Waals surface area contributed by atoms with Gasteiger partial charge in [-0.15, -0.1) is 0 Å². The Hall–Kier alpha value is -3.67. The number of nitro benzene ring substituents is 1. The van der Waals surface area contributed by atoms with Crippen LogP contribution in [-0.2, 0) is 4.79 Å². The SMILES string of the molecule is Cc1cc([N+](=O)[O-])ccc1NC(=O)CNc1ccccc1-c1ccccc1. The standard InChI is InChI=1S/C21H19N3O3/c1-15-13-17(24(26)27)11-12-19(15)23-21(25)14-22-20-10-6-5-9-18(20)16-7-3-2-4-8-16/h2-13,22H,14H2,1H3,(H,23,25). The Morgan fingerprint density at radius 2 is 1.67 bits per heavy atom. The molecule has 3 aromatic carbocycles. The summed E-state index contributed by atoms with van der Waals surface area (Å²) >= 11 is 0. The molecule has 0 aromatic heterocycles. The van der Waals surface area contributed by atoms with Gasteiger partial charge in [-0.25, -0.2) is 0 Å². The summed E-state index contributed by atoms with van der Waals surface area (Å²) in [5, 5.41) is 16.7. The molecule has 0 aliphatic rings. The Kier molecular flexibility index (Phi) is 5.47. The average Bonchev–Trinajstić information content (AvgIpc) is 2.68. The van der Waals surface area contributed by atoms with Crippen LogP contribution in [0.1, 0.15) is 5.56 Å². The molecule has 0 saturated carbocycles. The van der Waals surface area contributed by atoms with Crippen molar-refractivity contribution in [3.63, 3.8) is 0 Å². The number of hydrogen-bond donors (Lipinski definition) is 2. The van der Waals surface area contributed by atoms with Crippen LogP contribution in [-0.4, -0.2) is 17.4 Å². The second kappa shape index (κ2) is 8.14. The Labute approximate surface area is 157 Å². The number of anilines is 2. The second-order valence-electron chi connectivity index (χ2n) is 6.07. The molecule has 0 aliphatic heterocycles. The molecule has 0 atom stereocenters. The van der Waals surface area contributed by atoms with Crippen molar-refractivity contribution in [1.82, 2.24) is 0 Å². The number of benzene rings is 3. The first-order chi connectivity index (χ1) is 13.0. The molecule has 0 heterocycles. The van der Waals surface area contributed by atoms with Gasteiger partial charge in [-0.2, -0.15) is 0 Å². The molecule has 3 aromatic rings. The molecule has 0 spiro atoms. The number of aryl methyl sites for hydroxylation is 1. The van der Waals surface area contributed by atoms with Crippen LogP contribution in [0.3, 0.4) is 0 Å². The molecule has 0 radical (unpaired) electrons. The van der Waals surface area contributed by atoms with Crippen LogP contribution in [0.4, 0.5) is 17.1 Å². The Morgan fingerprint density at radius 3 is 2.37 bits per heavy atom. The van der Waals surface area contributed by atoms with Crippen LogP contribution in [0.2, 0.25) is 0 Å². The smallest absolute Gasteiger partial charge is 0.269 e. The van der Waals surface area contributed by atoms with E-state index in [9.17, 15) is 14.9 Å². The van der Waals surface area contributed by atoms with Crippen LogP contribution in [0.15, 0.2) is 72.8 Å². The highest BCUT2D eigenvalue weighted by molar-refractivity contribution is 5.95. The lowest BCUT2D eigenvalue weighted by Gasteiger charge is -2.13. The van der Waals surface area contributed by atoms with Gasteiger partial charge < -0.3 is 10.6 Å². The predicted octanol–water partition coefficient (Wildman–Crippen LogP) is 4.62. The number of carbonyl (C=O) groups excluding carboxylic acids is 1. The molecule has 0 aliphatic carbocycles. The minimum atomic E-state index is -0.458. The van der Waals surface area contributed by atoms with Crippen molar-refractivity contribution in [3.8, 4) is 11.1 Å². The van der Waals surface area contributed by atoms with E-state index in [2.05, 4.69) is 10.6 Å². The van der Waals surface area contributed by atoms with Gasteiger partial charge in [-0.3, -0.25) is 14.9 Å². The van der Waals surface area contributed by atoms with Gasteiger partial charge >= 0.3 is 0 Å². The topological polar surface area (TPSA) is 84.3 Å². The van der Waals surface area contributed by atoms with E-state index < -0.39 is 4.92 Å². The van der Waals surface area contributed by atoms with Crippen LogP contribution < -0.4 is 10.6 Å². The highest BCUT2D eigenvalue weighted by atomic mass is 16.6. The highest BCUT2D eigenvalue weighted by Gasteiger charge is 2.11. The molecule has 6 heteroatoms. The third-order valence-electron chi connectivity index (χ3n) is 4.15. The summed E-state index contributed by atoms with van der Waals surface area (Å²) in [4.78, 5) is 22.6. The maximum Gasteiger partial charge on any atom is 0.269 e. The van der Waals surface area contributed by atoms with Crippen molar-refractivity contribution < 1.29 is 9.72 Å². The van der Waals surface area contributed by atoms with Gasteiger partial charge in [0, 0.05) is 29.1 Å². The normalized spacial score (nSPS) is 10.3. The van der Waals surface area contributed by atoms with E-state index in [1.54, 1.807) is 13.0 Å². The average molecular weight is 361 g/mol. The van der Waals surface area contributed by atoms with Crippen LogP contribution in [0.5, 0.6) is 0 Å². The van der Waals surface area contributed by atoms with Crippen molar-refractivity contribution in [3.05, 3.63) is 88.5 Å². The van der Waals surface area contributed by atoms with E-state index in [1.165, 1.54) is 12.1 Å². The van der Waals surface area contributed by atoms with E-state index in [0.717, 1.165) is 16.8 Å². The molecular formula is C21H19N3O3. The number of amides is 1. The molecule has 6 nitrogen and oxygen atoms in total. The number of nitrogens with zero attached hydrogens (tertiary/aromatic N) is 1. The first kappa shape index (κ1) is 18.1. The third-order valence-corrected chi connectivity index (χ3v) is 4.15. The van der Waals surface area contributed by atoms with Crippen LogP contribution >= 0.6 is 0 Å². The van der Waals surface area contributed by atoms with Gasteiger partial charge in [-0.1, -0.05) is 48.5 Å². The molecule has 0 saturated heterocycles. The number of hydrogen-bond acceptors (Lipinski definition) is 4. The van der Waals surface area contributed by atoms with Gasteiger partial charge in [0.1, 0.15) is 0 Å². The zero-order chi connectivity index (χ0) is 19.2. The van der Waals surface area contributed by atoms with Crippen molar-refractivity contribution in [2.45, 2.75) is 6.92 Å². The monoisotopic (exact) mass is 361 g/mol. The van der Waals surface area contributed by atoms with Crippen molar-refractivity contribution >= 4 is 23.0 Å². The molecular weight excluding hydrogens is 342 g/mol. The number of rotatable bonds is 6. The summed E-state index contributed by atoms with van der Waals surface area (Å²) in [7, 11) is 0. The third kappa shape index (κ3) is 4.49. The number of non-ortho nitro benzene ring substituents is 1. The Balaban J connectivity index is 1.68. The fourth-order valence-electron chi connectivity index (χ4n) is 2.78. The zero-order valence-electron chi connectivity index (χ0n) is 14.8. The molecule has 0 unspecified atom stereocenters. The van der Waals surface area contributed by atoms with Gasteiger partial charge in [0.25, 0.3) is 5.69 Å². The maximum absolute atomic E-state index is 12.3. The van der Waals surface area contributed by atoms with Crippen molar-refractivity contribution in [2.75, 3.05) is 17.2 Å². The minimum Gasteiger partial charge on any atom is -0.376 e. The Bertz CT molecular complexity index is 971. The van der Waals surface area contributed by atoms with Crippen LogP contribution in [0.25, 0.3) is 11.1 Å². The van der Waals surface area contributed by atoms with E-state index in [-0.39, 0.29) is 18.1 Å². The van der Waals surface area contributed by atoms with Gasteiger partial charge in [0.15, 0.2) is 0 Å². The maximum atomic E-state index is 12.3. The van der Waals surface area contributed by atoms with E-state index in [1.807, 2.05) is 54.6 Å². The molecule has 136 valence electrons. The fourth-order valence-corrected chi connectivity index (χ4v) is 2.78. The summed E-state index contributed by atoms with van der Waals surface area (Å²) in [6, 6.07) is 22.1. The van der Waals surface area contributed by atoms with Crippen molar-refractivity contribution in [2.24, 2.45) is 0 Å². The lowest BCUT2D eigenvalue weighted by Crippen LogP contribution is -2.22. The summed E-state index contributed by atoms with van der Waals surface area (Å²) in [5.74, 6) is -0.227. The second-order valence-corrected chi connectivity index (χ2v) is 6.07. The van der Waals surface area contributed by atoms with Gasteiger partial charge in [-0.05, 0) is 30.2 Å². The first-order valence-electron chi connectivity index (χ1n) is 8.48. The minimum absolute atomic E-state index is 0.000382. The van der Waals surface area contributed by atoms with E-state index in [4.69, 9.17) is 0 Å². The summed E-state index contributed by atoms with van der Waals surface area (Å²) < 4.78 is 0. The summed E-state index contributed by atoms with van der Waals surface area (Å²) in [6.07, 6.45) is 0. The summed E-state index contributed by atoms with van der Waals surface area (Å²) in [5.41, 5.74) is 4.13. The van der Waals surface area contributed by atoms with Gasteiger partial charge in [0.05, 0.1) is 11.5 Å². The molecule has 2 N–H and O–H groups in total. The first-order valence-corrected chi connectivity index (χ1v) is 8.48. The van der Waals surface area contributed by atoms with Gasteiger partial charge in [0.2, 0.25) is 5.91 Å². The zero-order valence-corrected chi connectivity index (χ0v) is 14.8. The predicted molar refractivity (Wildman–Crippen MR) is 107 cm³/mol. The number of nitro groups is 1. The van der Waals surface area contributed by atoms with Crippen LogP contribution in [0, 0.1) is 17.0 Å².